The fourth-order valence-corrected chi connectivity index (χ4v) is 1.98. The Morgan fingerprint density at radius 1 is 1.00 bits per heavy atom. The van der Waals surface area contributed by atoms with Crippen molar-refractivity contribution >= 4 is 15.9 Å². The van der Waals surface area contributed by atoms with Crippen molar-refractivity contribution in [2.75, 3.05) is 0 Å². The molecule has 0 aliphatic carbocycles. The van der Waals surface area contributed by atoms with Gasteiger partial charge in [-0.3, -0.25) is 0 Å². The van der Waals surface area contributed by atoms with Crippen molar-refractivity contribution in [2.24, 2.45) is 0 Å². The molecule has 100 valence electrons. The second kappa shape index (κ2) is 5.25. The van der Waals surface area contributed by atoms with Crippen LogP contribution in [0.1, 0.15) is 11.1 Å². The van der Waals surface area contributed by atoms with E-state index in [-0.39, 0.29) is 11.3 Å². The van der Waals surface area contributed by atoms with E-state index in [0.29, 0.717) is 5.75 Å². The molecule has 0 N–H and O–H groups in total. The van der Waals surface area contributed by atoms with E-state index in [1.165, 1.54) is 19.1 Å². The summed E-state index contributed by atoms with van der Waals surface area (Å²) in [6.07, 6.45) is -4.43. The number of hydrogen-bond acceptors (Lipinski definition) is 1. The third-order valence-electron chi connectivity index (χ3n) is 2.56. The van der Waals surface area contributed by atoms with Crippen molar-refractivity contribution in [2.45, 2.75) is 13.1 Å². The third kappa shape index (κ3) is 3.29. The van der Waals surface area contributed by atoms with Crippen molar-refractivity contribution in [3.05, 3.63) is 58.1 Å². The zero-order valence-electron chi connectivity index (χ0n) is 9.96. The van der Waals surface area contributed by atoms with Gasteiger partial charge in [0.15, 0.2) is 0 Å². The number of ether oxygens (including phenoxy) is 1. The fraction of sp³-hybridized carbons (Fsp3) is 0.143. The topological polar surface area (TPSA) is 9.23 Å². The van der Waals surface area contributed by atoms with Gasteiger partial charge >= 0.3 is 6.18 Å². The van der Waals surface area contributed by atoms with Crippen molar-refractivity contribution in [3.63, 3.8) is 0 Å². The summed E-state index contributed by atoms with van der Waals surface area (Å²) in [6.45, 7) is 1.41. The number of benzene rings is 2. The van der Waals surface area contributed by atoms with Gasteiger partial charge in [-0.1, -0.05) is 28.1 Å². The van der Waals surface area contributed by atoms with Crippen molar-refractivity contribution in [1.29, 1.82) is 0 Å². The maximum atomic E-state index is 13.0. The van der Waals surface area contributed by atoms with Gasteiger partial charge in [0.1, 0.15) is 17.1 Å². The molecule has 0 atom stereocenters. The minimum Gasteiger partial charge on any atom is -0.457 e. The van der Waals surface area contributed by atoms with Gasteiger partial charge < -0.3 is 4.74 Å². The SMILES string of the molecule is Cc1cccc(Oc2ccc(Br)cc2)c1C(F)(F)F. The summed E-state index contributed by atoms with van der Waals surface area (Å²) < 4.78 is 45.1. The Balaban J connectivity index is 2.40. The predicted molar refractivity (Wildman–Crippen MR) is 70.4 cm³/mol. The second-order valence-electron chi connectivity index (χ2n) is 4.00. The minimum atomic E-state index is -4.43. The molecule has 0 amide bonds. The molecule has 5 heteroatoms. The van der Waals surface area contributed by atoms with E-state index < -0.39 is 11.7 Å². The Hall–Kier alpha value is -1.49. The van der Waals surface area contributed by atoms with Crippen LogP contribution >= 0.6 is 15.9 Å². The molecule has 0 aliphatic rings. The monoisotopic (exact) mass is 330 g/mol. The average Bonchev–Trinajstić information content (AvgIpc) is 2.30. The normalized spacial score (nSPS) is 11.4. The Morgan fingerprint density at radius 3 is 2.21 bits per heavy atom. The van der Waals surface area contributed by atoms with Gasteiger partial charge in [0.2, 0.25) is 0 Å². The number of rotatable bonds is 2. The van der Waals surface area contributed by atoms with Crippen LogP contribution in [-0.4, -0.2) is 0 Å². The van der Waals surface area contributed by atoms with E-state index in [2.05, 4.69) is 15.9 Å². The molecule has 2 rings (SSSR count). The van der Waals surface area contributed by atoms with Crippen molar-refractivity contribution in [3.8, 4) is 11.5 Å². The first-order valence-corrected chi connectivity index (χ1v) is 6.27. The first kappa shape index (κ1) is 13.9. The molecule has 0 unspecified atom stereocenters. The van der Waals surface area contributed by atoms with Gasteiger partial charge in [0.25, 0.3) is 0 Å². The molecule has 0 fully saturated rings. The molecule has 0 bridgehead atoms. The fourth-order valence-electron chi connectivity index (χ4n) is 1.72. The summed E-state index contributed by atoms with van der Waals surface area (Å²) >= 11 is 3.25. The molecule has 2 aromatic rings. The van der Waals surface area contributed by atoms with Crippen LogP contribution in [0.3, 0.4) is 0 Å². The van der Waals surface area contributed by atoms with E-state index in [4.69, 9.17) is 4.74 Å². The third-order valence-corrected chi connectivity index (χ3v) is 3.09. The summed E-state index contributed by atoms with van der Waals surface area (Å²) in [5.74, 6) is 0.175. The summed E-state index contributed by atoms with van der Waals surface area (Å²) in [7, 11) is 0. The predicted octanol–water partition coefficient (Wildman–Crippen LogP) is 5.57. The highest BCUT2D eigenvalue weighted by molar-refractivity contribution is 9.10. The van der Waals surface area contributed by atoms with Gasteiger partial charge in [-0.15, -0.1) is 0 Å². The lowest BCUT2D eigenvalue weighted by atomic mass is 10.1. The van der Waals surface area contributed by atoms with E-state index in [1.54, 1.807) is 30.3 Å². The molecular weight excluding hydrogens is 321 g/mol. The average molecular weight is 331 g/mol. The zero-order chi connectivity index (χ0) is 14.0. The molecule has 0 saturated heterocycles. The van der Waals surface area contributed by atoms with E-state index in [1.807, 2.05) is 0 Å². The number of alkyl halides is 3. The first-order chi connectivity index (χ1) is 8.88. The summed E-state index contributed by atoms with van der Waals surface area (Å²) in [4.78, 5) is 0. The Morgan fingerprint density at radius 2 is 1.63 bits per heavy atom. The number of aryl methyl sites for hydroxylation is 1. The Kier molecular flexibility index (Phi) is 3.85. The van der Waals surface area contributed by atoms with Crippen molar-refractivity contribution < 1.29 is 17.9 Å². The van der Waals surface area contributed by atoms with Crippen LogP contribution < -0.4 is 4.74 Å². The molecule has 0 radical (unpaired) electrons. The number of halogens is 4. The molecule has 0 heterocycles. The maximum Gasteiger partial charge on any atom is 0.420 e. The van der Waals surface area contributed by atoms with Crippen LogP contribution in [0.5, 0.6) is 11.5 Å². The molecule has 0 spiro atoms. The van der Waals surface area contributed by atoms with E-state index in [0.717, 1.165) is 4.47 Å². The van der Waals surface area contributed by atoms with Gasteiger partial charge in [-0.05, 0) is 42.8 Å². The highest BCUT2D eigenvalue weighted by atomic mass is 79.9. The van der Waals surface area contributed by atoms with Gasteiger partial charge in [-0.2, -0.15) is 13.2 Å². The molecule has 1 nitrogen and oxygen atoms in total. The molecule has 0 aromatic heterocycles. The van der Waals surface area contributed by atoms with E-state index >= 15 is 0 Å². The minimum absolute atomic E-state index is 0.141. The van der Waals surface area contributed by atoms with Gasteiger partial charge in [0.05, 0.1) is 0 Å². The molecular formula is C14H10BrF3O. The largest absolute Gasteiger partial charge is 0.457 e. The second-order valence-corrected chi connectivity index (χ2v) is 4.92. The molecule has 2 aromatic carbocycles. The van der Waals surface area contributed by atoms with Crippen LogP contribution in [0.15, 0.2) is 46.9 Å². The van der Waals surface area contributed by atoms with Crippen LogP contribution in [-0.2, 0) is 6.18 Å². The summed E-state index contributed by atoms with van der Waals surface area (Å²) in [5, 5.41) is 0. The first-order valence-electron chi connectivity index (χ1n) is 5.48. The number of hydrogen-bond donors (Lipinski definition) is 0. The zero-order valence-corrected chi connectivity index (χ0v) is 11.5. The summed E-state index contributed by atoms with van der Waals surface area (Å²) in [5.41, 5.74) is -0.597. The summed E-state index contributed by atoms with van der Waals surface area (Å²) in [6, 6.07) is 10.9. The van der Waals surface area contributed by atoms with Crippen molar-refractivity contribution in [1.82, 2.24) is 0 Å². The highest BCUT2D eigenvalue weighted by Crippen LogP contribution is 2.40. The lowest BCUT2D eigenvalue weighted by Crippen LogP contribution is -2.09. The van der Waals surface area contributed by atoms with Gasteiger partial charge in [0, 0.05) is 4.47 Å². The molecule has 19 heavy (non-hydrogen) atoms. The Bertz CT molecular complexity index is 576. The smallest absolute Gasteiger partial charge is 0.420 e. The van der Waals surface area contributed by atoms with Crippen LogP contribution in [0.4, 0.5) is 13.2 Å². The Labute approximate surface area is 117 Å². The van der Waals surface area contributed by atoms with Crippen LogP contribution in [0, 0.1) is 6.92 Å². The molecule has 0 aliphatic heterocycles. The lowest BCUT2D eigenvalue weighted by molar-refractivity contribution is -0.139. The quantitative estimate of drug-likeness (QED) is 0.699. The van der Waals surface area contributed by atoms with Gasteiger partial charge in [-0.25, -0.2) is 0 Å². The standard InChI is InChI=1S/C14H10BrF3O/c1-9-3-2-4-12(13(9)14(16,17)18)19-11-7-5-10(15)6-8-11/h2-8H,1H3. The highest BCUT2D eigenvalue weighted by Gasteiger charge is 2.36. The maximum absolute atomic E-state index is 13.0. The van der Waals surface area contributed by atoms with E-state index in [9.17, 15) is 13.2 Å². The van der Waals surface area contributed by atoms with Crippen LogP contribution in [0.2, 0.25) is 0 Å². The lowest BCUT2D eigenvalue weighted by Gasteiger charge is -2.15. The molecule has 0 saturated carbocycles. The van der Waals surface area contributed by atoms with Crippen LogP contribution in [0.25, 0.3) is 0 Å².